The van der Waals surface area contributed by atoms with Gasteiger partial charge in [0.2, 0.25) is 0 Å². The maximum absolute atomic E-state index is 12.8. The Balaban J connectivity index is 4.05. The van der Waals surface area contributed by atoms with Crippen molar-refractivity contribution in [3.63, 3.8) is 0 Å². The van der Waals surface area contributed by atoms with Crippen LogP contribution in [0, 0.1) is 0 Å². The number of hydrogen-bond donors (Lipinski definition) is 0. The summed E-state index contributed by atoms with van der Waals surface area (Å²) in [5.41, 5.74) is 0. The topological polar surface area (TPSA) is 78.9 Å². The fourth-order valence-corrected chi connectivity index (χ4v) is 8.25. The van der Waals surface area contributed by atoms with E-state index in [0.29, 0.717) is 19.3 Å². The molecule has 0 radical (unpaired) electrons. The molecule has 0 fully saturated rings. The standard InChI is InChI=1S/C64H110O6/c1-4-7-10-13-15-17-19-21-23-25-26-27-28-29-30-31-32-33-34-35-36-37-38-39-41-42-44-46-48-51-54-57-63(66)69-60-61(59-68-62(65)56-53-50-12-9-6-3)70-64(67)58-55-52-49-47-45-43-40-24-22-20-18-16-14-11-8-5-2/h7,10,15,17,21,23,26-27,29-30,32-33,35-36,61H,4-6,8-9,11-14,16,18-20,22,24-25,28,31,34,37-60H2,1-3H3/b10-7-,17-15-,23-21-,27-26-,30-29-,33-32-,36-35-. The number of unbranched alkanes of at least 4 members (excludes halogenated alkanes) is 28. The van der Waals surface area contributed by atoms with Gasteiger partial charge in [0.05, 0.1) is 0 Å². The molecule has 6 heteroatoms. The van der Waals surface area contributed by atoms with Crippen LogP contribution >= 0.6 is 0 Å². The molecule has 0 bridgehead atoms. The quantitative estimate of drug-likeness (QED) is 0.0261. The van der Waals surface area contributed by atoms with Gasteiger partial charge in [-0.1, -0.05) is 273 Å². The van der Waals surface area contributed by atoms with Crippen LogP contribution in [0.4, 0.5) is 0 Å². The fourth-order valence-electron chi connectivity index (χ4n) is 8.25. The summed E-state index contributed by atoms with van der Waals surface area (Å²) in [4.78, 5) is 37.8. The minimum Gasteiger partial charge on any atom is -0.462 e. The van der Waals surface area contributed by atoms with E-state index in [4.69, 9.17) is 14.2 Å². The van der Waals surface area contributed by atoms with E-state index in [1.807, 2.05) is 0 Å². The van der Waals surface area contributed by atoms with Crippen molar-refractivity contribution in [3.8, 4) is 0 Å². The van der Waals surface area contributed by atoms with Crippen LogP contribution in [0.5, 0.6) is 0 Å². The van der Waals surface area contributed by atoms with E-state index in [-0.39, 0.29) is 31.1 Å². The first kappa shape index (κ1) is 66.6. The summed E-state index contributed by atoms with van der Waals surface area (Å²) in [6, 6.07) is 0. The number of carbonyl (C=O) groups excluding carboxylic acids is 3. The fraction of sp³-hybridized carbons (Fsp3) is 0.734. The molecule has 0 heterocycles. The van der Waals surface area contributed by atoms with E-state index in [9.17, 15) is 14.4 Å². The molecule has 0 rings (SSSR count). The first-order chi connectivity index (χ1) is 34.5. The third-order valence-electron chi connectivity index (χ3n) is 12.7. The Kier molecular flexibility index (Phi) is 55.3. The summed E-state index contributed by atoms with van der Waals surface area (Å²) in [6.07, 6.45) is 76.2. The molecule has 0 aromatic carbocycles. The molecule has 402 valence electrons. The Hall–Kier alpha value is -3.41. The zero-order valence-electron chi connectivity index (χ0n) is 46.0. The molecule has 0 spiro atoms. The number of esters is 3. The van der Waals surface area contributed by atoms with Crippen LogP contribution in [0.1, 0.15) is 284 Å². The van der Waals surface area contributed by atoms with Crippen molar-refractivity contribution in [2.45, 2.75) is 290 Å². The average Bonchev–Trinajstić information content (AvgIpc) is 3.36. The highest BCUT2D eigenvalue weighted by Crippen LogP contribution is 2.16. The van der Waals surface area contributed by atoms with Gasteiger partial charge in [0.25, 0.3) is 0 Å². The summed E-state index contributed by atoms with van der Waals surface area (Å²) in [6.45, 7) is 6.46. The molecule has 1 unspecified atom stereocenters. The van der Waals surface area contributed by atoms with Gasteiger partial charge in [-0.3, -0.25) is 14.4 Å². The second-order valence-corrected chi connectivity index (χ2v) is 19.5. The van der Waals surface area contributed by atoms with Crippen LogP contribution in [0.15, 0.2) is 85.1 Å². The van der Waals surface area contributed by atoms with Crippen molar-refractivity contribution >= 4 is 17.9 Å². The monoisotopic (exact) mass is 975 g/mol. The molecule has 0 amide bonds. The summed E-state index contributed by atoms with van der Waals surface area (Å²) >= 11 is 0. The van der Waals surface area contributed by atoms with Gasteiger partial charge in [-0.15, -0.1) is 0 Å². The van der Waals surface area contributed by atoms with Crippen LogP contribution in [-0.2, 0) is 28.6 Å². The smallest absolute Gasteiger partial charge is 0.306 e. The van der Waals surface area contributed by atoms with E-state index in [1.54, 1.807) is 0 Å². The molecule has 0 saturated heterocycles. The molecule has 0 aromatic rings. The lowest BCUT2D eigenvalue weighted by Crippen LogP contribution is -2.30. The minimum atomic E-state index is -0.772. The van der Waals surface area contributed by atoms with Crippen LogP contribution < -0.4 is 0 Å². The Labute approximate surface area is 433 Å². The molecule has 6 nitrogen and oxygen atoms in total. The summed E-state index contributed by atoms with van der Waals surface area (Å²) in [5.74, 6) is -0.888. The van der Waals surface area contributed by atoms with Gasteiger partial charge in [0.15, 0.2) is 6.10 Å². The van der Waals surface area contributed by atoms with Crippen molar-refractivity contribution < 1.29 is 28.6 Å². The van der Waals surface area contributed by atoms with Gasteiger partial charge in [-0.05, 0) is 77.0 Å². The van der Waals surface area contributed by atoms with Gasteiger partial charge in [-0.25, -0.2) is 0 Å². The minimum absolute atomic E-state index is 0.0759. The second kappa shape index (κ2) is 58.2. The van der Waals surface area contributed by atoms with Gasteiger partial charge in [0.1, 0.15) is 13.2 Å². The second-order valence-electron chi connectivity index (χ2n) is 19.5. The SMILES string of the molecule is CC/C=C\C/C=C\C/C=C\C/C=C\C/C=C\C/C=C\C/C=C\CCCCCCCCCCCC(=O)OCC(COC(=O)CCCCCCC)OC(=O)CCCCCCCCCCCCCCCCCC. The molecule has 70 heavy (non-hydrogen) atoms. The number of ether oxygens (including phenoxy) is 3. The third kappa shape index (κ3) is 55.5. The maximum atomic E-state index is 12.8. The molecular weight excluding hydrogens is 865 g/mol. The van der Waals surface area contributed by atoms with E-state index < -0.39 is 6.10 Å². The van der Waals surface area contributed by atoms with Crippen molar-refractivity contribution in [1.29, 1.82) is 0 Å². The predicted molar refractivity (Wildman–Crippen MR) is 302 cm³/mol. The summed E-state index contributed by atoms with van der Waals surface area (Å²) < 4.78 is 16.7. The summed E-state index contributed by atoms with van der Waals surface area (Å²) in [5, 5.41) is 0. The highest BCUT2D eigenvalue weighted by Gasteiger charge is 2.19. The van der Waals surface area contributed by atoms with Crippen molar-refractivity contribution in [3.05, 3.63) is 85.1 Å². The first-order valence-electron chi connectivity index (χ1n) is 29.6. The van der Waals surface area contributed by atoms with Crippen LogP contribution in [-0.4, -0.2) is 37.2 Å². The molecular formula is C64H110O6. The van der Waals surface area contributed by atoms with Gasteiger partial charge in [-0.2, -0.15) is 0 Å². The normalized spacial score (nSPS) is 12.7. The largest absolute Gasteiger partial charge is 0.462 e. The average molecular weight is 976 g/mol. The van der Waals surface area contributed by atoms with Gasteiger partial charge >= 0.3 is 17.9 Å². The van der Waals surface area contributed by atoms with Gasteiger partial charge in [0, 0.05) is 19.3 Å². The third-order valence-corrected chi connectivity index (χ3v) is 12.7. The number of rotatable bonds is 53. The number of hydrogen-bond acceptors (Lipinski definition) is 6. The van der Waals surface area contributed by atoms with Gasteiger partial charge < -0.3 is 14.2 Å². The Morgan fingerprint density at radius 3 is 0.871 bits per heavy atom. The Morgan fingerprint density at radius 1 is 0.300 bits per heavy atom. The summed E-state index contributed by atoms with van der Waals surface area (Å²) in [7, 11) is 0. The predicted octanol–water partition coefficient (Wildman–Crippen LogP) is 19.9. The maximum Gasteiger partial charge on any atom is 0.306 e. The molecule has 0 saturated carbocycles. The van der Waals surface area contributed by atoms with E-state index in [0.717, 1.165) is 116 Å². The molecule has 0 aromatic heterocycles. The van der Waals surface area contributed by atoms with Crippen LogP contribution in [0.25, 0.3) is 0 Å². The first-order valence-corrected chi connectivity index (χ1v) is 29.6. The van der Waals surface area contributed by atoms with Crippen LogP contribution in [0.2, 0.25) is 0 Å². The molecule has 1 atom stereocenters. The highest BCUT2D eigenvalue weighted by atomic mass is 16.6. The van der Waals surface area contributed by atoms with Crippen LogP contribution in [0.3, 0.4) is 0 Å². The highest BCUT2D eigenvalue weighted by molar-refractivity contribution is 5.71. The van der Waals surface area contributed by atoms with Crippen molar-refractivity contribution in [2.24, 2.45) is 0 Å². The molecule has 0 aliphatic carbocycles. The Morgan fingerprint density at radius 2 is 0.557 bits per heavy atom. The zero-order chi connectivity index (χ0) is 50.7. The van der Waals surface area contributed by atoms with E-state index in [1.165, 1.54) is 128 Å². The molecule has 0 N–H and O–H groups in total. The lowest BCUT2D eigenvalue weighted by atomic mass is 10.0. The van der Waals surface area contributed by atoms with Crippen molar-refractivity contribution in [1.82, 2.24) is 0 Å². The van der Waals surface area contributed by atoms with Crippen molar-refractivity contribution in [2.75, 3.05) is 13.2 Å². The number of allylic oxidation sites excluding steroid dienone is 14. The van der Waals surface area contributed by atoms with E-state index in [2.05, 4.69) is 106 Å². The molecule has 0 aliphatic heterocycles. The van der Waals surface area contributed by atoms with E-state index >= 15 is 0 Å². The lowest BCUT2D eigenvalue weighted by molar-refractivity contribution is -0.167. The number of carbonyl (C=O) groups is 3. The Bertz CT molecular complexity index is 1350. The zero-order valence-corrected chi connectivity index (χ0v) is 46.0. The molecule has 0 aliphatic rings. The lowest BCUT2D eigenvalue weighted by Gasteiger charge is -2.18.